The van der Waals surface area contributed by atoms with E-state index in [2.05, 4.69) is 4.98 Å². The van der Waals surface area contributed by atoms with Crippen molar-refractivity contribution < 1.29 is 13.9 Å². The van der Waals surface area contributed by atoms with Gasteiger partial charge in [-0.15, -0.1) is 0 Å². The predicted molar refractivity (Wildman–Crippen MR) is 63.3 cm³/mol. The zero-order valence-corrected chi connectivity index (χ0v) is 10.9. The Morgan fingerprint density at radius 3 is 2.59 bits per heavy atom. The van der Waals surface area contributed by atoms with Crippen molar-refractivity contribution in [3.63, 3.8) is 0 Å². The minimum absolute atomic E-state index is 0.0874. The molecule has 0 aliphatic heterocycles. The maximum Gasteiger partial charge on any atom is 0.410 e. The second-order valence-electron chi connectivity index (χ2n) is 4.87. The van der Waals surface area contributed by atoms with Gasteiger partial charge < -0.3 is 19.8 Å². The van der Waals surface area contributed by atoms with Gasteiger partial charge in [-0.2, -0.15) is 0 Å². The molecule has 0 spiro atoms. The third kappa shape index (κ3) is 3.65. The SMILES string of the molecule is CC(c1cnc(N)o1)N(C)C(=O)OC(C)(C)C. The van der Waals surface area contributed by atoms with Crippen LogP contribution in [-0.2, 0) is 4.74 Å². The van der Waals surface area contributed by atoms with Gasteiger partial charge in [0.2, 0.25) is 0 Å². The molecule has 0 bridgehead atoms. The van der Waals surface area contributed by atoms with Crippen molar-refractivity contribution in [2.75, 3.05) is 12.8 Å². The van der Waals surface area contributed by atoms with Gasteiger partial charge in [-0.1, -0.05) is 0 Å². The highest BCUT2D eigenvalue weighted by Gasteiger charge is 2.25. The monoisotopic (exact) mass is 241 g/mol. The van der Waals surface area contributed by atoms with Crippen molar-refractivity contribution in [1.82, 2.24) is 9.88 Å². The van der Waals surface area contributed by atoms with E-state index in [1.807, 2.05) is 27.7 Å². The lowest BCUT2D eigenvalue weighted by molar-refractivity contribution is 0.0217. The Balaban J connectivity index is 2.70. The van der Waals surface area contributed by atoms with Crippen LogP contribution in [0.2, 0.25) is 0 Å². The zero-order chi connectivity index (χ0) is 13.2. The summed E-state index contributed by atoms with van der Waals surface area (Å²) in [5.41, 5.74) is 4.86. The average molecular weight is 241 g/mol. The molecule has 17 heavy (non-hydrogen) atoms. The lowest BCUT2D eigenvalue weighted by Gasteiger charge is -2.27. The molecule has 1 aromatic heterocycles. The molecule has 2 N–H and O–H groups in total. The fourth-order valence-corrected chi connectivity index (χ4v) is 1.18. The number of anilines is 1. The highest BCUT2D eigenvalue weighted by Crippen LogP contribution is 2.22. The molecule has 0 aliphatic carbocycles. The molecule has 96 valence electrons. The van der Waals surface area contributed by atoms with Crippen LogP contribution < -0.4 is 5.73 Å². The van der Waals surface area contributed by atoms with Crippen LogP contribution in [-0.4, -0.2) is 28.6 Å². The van der Waals surface area contributed by atoms with E-state index in [0.717, 1.165) is 0 Å². The van der Waals surface area contributed by atoms with Crippen molar-refractivity contribution in [3.8, 4) is 0 Å². The molecule has 6 nitrogen and oxygen atoms in total. The van der Waals surface area contributed by atoms with E-state index in [9.17, 15) is 4.79 Å². The number of carbonyl (C=O) groups is 1. The molecule has 1 atom stereocenters. The largest absolute Gasteiger partial charge is 0.444 e. The summed E-state index contributed by atoms with van der Waals surface area (Å²) in [6.45, 7) is 7.26. The smallest absolute Gasteiger partial charge is 0.410 e. The average Bonchev–Trinajstić information content (AvgIpc) is 2.60. The molecular formula is C11H19N3O3. The van der Waals surface area contributed by atoms with Crippen molar-refractivity contribution in [3.05, 3.63) is 12.0 Å². The van der Waals surface area contributed by atoms with Crippen molar-refractivity contribution in [1.29, 1.82) is 0 Å². The van der Waals surface area contributed by atoms with Gasteiger partial charge in [0, 0.05) is 7.05 Å². The van der Waals surface area contributed by atoms with Crippen LogP contribution in [0.4, 0.5) is 10.8 Å². The van der Waals surface area contributed by atoms with Crippen LogP contribution in [0.25, 0.3) is 0 Å². The van der Waals surface area contributed by atoms with E-state index in [0.29, 0.717) is 5.76 Å². The number of aromatic nitrogens is 1. The molecule has 1 heterocycles. The normalized spacial score (nSPS) is 13.2. The van der Waals surface area contributed by atoms with Gasteiger partial charge in [0.05, 0.1) is 12.2 Å². The number of amides is 1. The van der Waals surface area contributed by atoms with Gasteiger partial charge in [-0.05, 0) is 27.7 Å². The molecule has 1 amide bonds. The number of hydrogen-bond acceptors (Lipinski definition) is 5. The molecule has 6 heteroatoms. The Labute approximate surface area is 101 Å². The summed E-state index contributed by atoms with van der Waals surface area (Å²) < 4.78 is 10.4. The van der Waals surface area contributed by atoms with Crippen LogP contribution in [0.3, 0.4) is 0 Å². The first-order valence-corrected chi connectivity index (χ1v) is 5.37. The highest BCUT2D eigenvalue weighted by atomic mass is 16.6. The lowest BCUT2D eigenvalue weighted by atomic mass is 10.2. The molecule has 0 saturated carbocycles. The van der Waals surface area contributed by atoms with Crippen molar-refractivity contribution in [2.24, 2.45) is 0 Å². The van der Waals surface area contributed by atoms with Crippen LogP contribution in [0.1, 0.15) is 39.5 Å². The second-order valence-corrected chi connectivity index (χ2v) is 4.87. The standard InChI is InChI=1S/C11H19N3O3/c1-7(8-6-13-9(12)16-8)14(5)10(15)17-11(2,3)4/h6-7H,1-5H3,(H2,12,13). The maximum absolute atomic E-state index is 11.8. The van der Waals surface area contributed by atoms with Crippen LogP contribution in [0.5, 0.6) is 0 Å². The summed E-state index contributed by atoms with van der Waals surface area (Å²) in [7, 11) is 1.64. The third-order valence-corrected chi connectivity index (χ3v) is 2.22. The highest BCUT2D eigenvalue weighted by molar-refractivity contribution is 5.68. The Morgan fingerprint density at radius 1 is 1.59 bits per heavy atom. The van der Waals surface area contributed by atoms with Gasteiger partial charge in [0.25, 0.3) is 6.01 Å². The molecule has 1 aromatic rings. The van der Waals surface area contributed by atoms with Crippen molar-refractivity contribution >= 4 is 12.1 Å². The molecule has 0 saturated heterocycles. The minimum atomic E-state index is -0.522. The van der Waals surface area contributed by atoms with Gasteiger partial charge in [-0.3, -0.25) is 0 Å². The fraction of sp³-hybridized carbons (Fsp3) is 0.636. The quantitative estimate of drug-likeness (QED) is 0.858. The number of carbonyl (C=O) groups excluding carboxylic acids is 1. The van der Waals surface area contributed by atoms with E-state index in [1.54, 1.807) is 7.05 Å². The van der Waals surface area contributed by atoms with Gasteiger partial charge in [0.1, 0.15) is 11.4 Å². The number of nitrogen functional groups attached to an aromatic ring is 1. The topological polar surface area (TPSA) is 81.6 Å². The first kappa shape index (κ1) is 13.3. The number of hydrogen-bond donors (Lipinski definition) is 1. The summed E-state index contributed by atoms with van der Waals surface area (Å²) in [4.78, 5) is 17.0. The molecule has 1 rings (SSSR count). The number of oxazole rings is 1. The number of nitrogens with zero attached hydrogens (tertiary/aromatic N) is 2. The summed E-state index contributed by atoms with van der Waals surface area (Å²) in [6, 6.07) is -0.195. The molecule has 0 aliphatic rings. The fourth-order valence-electron chi connectivity index (χ4n) is 1.18. The van der Waals surface area contributed by atoms with E-state index in [-0.39, 0.29) is 12.1 Å². The van der Waals surface area contributed by atoms with E-state index in [4.69, 9.17) is 14.9 Å². The van der Waals surface area contributed by atoms with Crippen LogP contribution >= 0.6 is 0 Å². The van der Waals surface area contributed by atoms with E-state index < -0.39 is 11.7 Å². The van der Waals surface area contributed by atoms with Gasteiger partial charge in [-0.25, -0.2) is 9.78 Å². The third-order valence-electron chi connectivity index (χ3n) is 2.22. The Kier molecular flexibility index (Phi) is 3.65. The zero-order valence-electron chi connectivity index (χ0n) is 10.9. The molecule has 0 radical (unpaired) electrons. The number of rotatable bonds is 2. The lowest BCUT2D eigenvalue weighted by Crippen LogP contribution is -2.35. The maximum atomic E-state index is 11.8. The summed E-state index contributed by atoms with van der Waals surface area (Å²) >= 11 is 0. The predicted octanol–water partition coefficient (Wildman–Crippen LogP) is 2.18. The van der Waals surface area contributed by atoms with E-state index >= 15 is 0 Å². The Morgan fingerprint density at radius 2 is 2.18 bits per heavy atom. The molecule has 1 unspecified atom stereocenters. The first-order chi connectivity index (χ1) is 7.70. The Bertz CT molecular complexity index is 395. The summed E-state index contributed by atoms with van der Waals surface area (Å²) in [5.74, 6) is 0.524. The second kappa shape index (κ2) is 4.65. The molecule has 0 aromatic carbocycles. The number of nitrogens with two attached hydrogens (primary N) is 1. The molecular weight excluding hydrogens is 222 g/mol. The minimum Gasteiger partial charge on any atom is -0.444 e. The van der Waals surface area contributed by atoms with Crippen molar-refractivity contribution in [2.45, 2.75) is 39.3 Å². The number of ether oxygens (including phenoxy) is 1. The van der Waals surface area contributed by atoms with Gasteiger partial charge >= 0.3 is 6.09 Å². The summed E-state index contributed by atoms with van der Waals surface area (Å²) in [5, 5.41) is 0. The molecule has 0 fully saturated rings. The first-order valence-electron chi connectivity index (χ1n) is 5.37. The Hall–Kier alpha value is -1.72. The van der Waals surface area contributed by atoms with Crippen LogP contribution in [0.15, 0.2) is 10.6 Å². The summed E-state index contributed by atoms with van der Waals surface area (Å²) in [6.07, 6.45) is 1.08. The van der Waals surface area contributed by atoms with E-state index in [1.165, 1.54) is 11.1 Å². The van der Waals surface area contributed by atoms with Crippen LogP contribution in [0, 0.1) is 0 Å². The van der Waals surface area contributed by atoms with Gasteiger partial charge in [0.15, 0.2) is 0 Å².